The molecule has 2 aromatic rings. The van der Waals surface area contributed by atoms with Crippen LogP contribution < -0.4 is 4.90 Å². The second-order valence-electron chi connectivity index (χ2n) is 6.14. The van der Waals surface area contributed by atoms with Gasteiger partial charge in [0.15, 0.2) is 0 Å². The van der Waals surface area contributed by atoms with E-state index in [1.54, 1.807) is 0 Å². The van der Waals surface area contributed by atoms with E-state index in [-0.39, 0.29) is 0 Å². The normalized spacial score (nSPS) is 18.5. The number of likely N-dealkylation sites (N-methyl/N-ethyl adjacent to an activating group) is 1. The summed E-state index contributed by atoms with van der Waals surface area (Å²) in [6, 6.07) is 19.0. The lowest BCUT2D eigenvalue weighted by Crippen LogP contribution is -2.31. The Morgan fingerprint density at radius 3 is 2.52 bits per heavy atom. The minimum absolute atomic E-state index is 0.677. The Hall–Kier alpha value is -1.80. The summed E-state index contributed by atoms with van der Waals surface area (Å²) in [5, 5.41) is 0. The van der Waals surface area contributed by atoms with Crippen LogP contribution >= 0.6 is 0 Å². The van der Waals surface area contributed by atoms with Gasteiger partial charge in [-0.25, -0.2) is 0 Å². The molecule has 2 aromatic carbocycles. The minimum Gasteiger partial charge on any atom is -0.370 e. The molecule has 1 heterocycles. The molecule has 1 atom stereocenters. The van der Waals surface area contributed by atoms with Crippen molar-refractivity contribution in [3.05, 3.63) is 54.1 Å². The molecular formula is C19H23N2. The Labute approximate surface area is 128 Å². The summed E-state index contributed by atoms with van der Waals surface area (Å²) in [5.74, 6) is 0. The molecule has 0 N–H and O–H groups in total. The number of hydrogen-bond acceptors (Lipinski definition) is 2. The molecule has 1 fully saturated rings. The van der Waals surface area contributed by atoms with E-state index in [9.17, 15) is 0 Å². The van der Waals surface area contributed by atoms with Gasteiger partial charge in [0, 0.05) is 24.8 Å². The first kappa shape index (κ1) is 14.2. The lowest BCUT2D eigenvalue weighted by Gasteiger charge is -2.22. The number of anilines is 1. The Morgan fingerprint density at radius 1 is 1.14 bits per heavy atom. The van der Waals surface area contributed by atoms with Crippen LogP contribution in [-0.2, 0) is 0 Å². The summed E-state index contributed by atoms with van der Waals surface area (Å²) in [6.07, 6.45) is 1.25. The van der Waals surface area contributed by atoms with Crippen molar-refractivity contribution < 1.29 is 0 Å². The number of nitrogens with zero attached hydrogens (tertiary/aromatic N) is 2. The lowest BCUT2D eigenvalue weighted by molar-refractivity contribution is 0.315. The molecule has 1 radical (unpaired) electrons. The van der Waals surface area contributed by atoms with E-state index >= 15 is 0 Å². The van der Waals surface area contributed by atoms with Crippen LogP contribution in [0.15, 0.2) is 42.5 Å². The van der Waals surface area contributed by atoms with E-state index < -0.39 is 0 Å². The highest BCUT2D eigenvalue weighted by Gasteiger charge is 2.23. The maximum atomic E-state index is 3.13. The first-order valence-corrected chi connectivity index (χ1v) is 7.63. The van der Waals surface area contributed by atoms with Crippen molar-refractivity contribution in [3.63, 3.8) is 0 Å². The molecular weight excluding hydrogens is 256 g/mol. The van der Waals surface area contributed by atoms with Gasteiger partial charge in [-0.15, -0.1) is 0 Å². The van der Waals surface area contributed by atoms with Gasteiger partial charge in [-0.2, -0.15) is 0 Å². The quantitative estimate of drug-likeness (QED) is 0.847. The van der Waals surface area contributed by atoms with Crippen LogP contribution in [0.25, 0.3) is 11.1 Å². The number of aryl methyl sites for hydroxylation is 1. The van der Waals surface area contributed by atoms with Gasteiger partial charge in [0.2, 0.25) is 0 Å². The zero-order valence-corrected chi connectivity index (χ0v) is 13.1. The fourth-order valence-electron chi connectivity index (χ4n) is 3.09. The van der Waals surface area contributed by atoms with Crippen LogP contribution in [-0.4, -0.2) is 38.1 Å². The van der Waals surface area contributed by atoms with Gasteiger partial charge in [0.1, 0.15) is 0 Å². The van der Waals surface area contributed by atoms with Crippen LogP contribution in [0.2, 0.25) is 0 Å². The van der Waals surface area contributed by atoms with E-state index in [0.717, 1.165) is 13.1 Å². The van der Waals surface area contributed by atoms with Crippen LogP contribution in [0, 0.1) is 13.0 Å². The number of rotatable bonds is 3. The molecule has 1 saturated heterocycles. The van der Waals surface area contributed by atoms with E-state index in [0.29, 0.717) is 6.04 Å². The third-order valence-electron chi connectivity index (χ3n) is 4.51. The van der Waals surface area contributed by atoms with Crippen LogP contribution in [0.3, 0.4) is 0 Å². The highest BCUT2D eigenvalue weighted by Crippen LogP contribution is 2.27. The molecule has 0 saturated carbocycles. The van der Waals surface area contributed by atoms with Gasteiger partial charge < -0.3 is 9.80 Å². The fraction of sp³-hybridized carbons (Fsp3) is 0.368. The van der Waals surface area contributed by atoms with Gasteiger partial charge in [-0.3, -0.25) is 0 Å². The minimum atomic E-state index is 0.677. The summed E-state index contributed by atoms with van der Waals surface area (Å²) < 4.78 is 0. The second-order valence-corrected chi connectivity index (χ2v) is 6.14. The molecule has 1 aliphatic rings. The Balaban J connectivity index is 1.78. The van der Waals surface area contributed by atoms with Crippen molar-refractivity contribution in [2.24, 2.45) is 0 Å². The van der Waals surface area contributed by atoms with Crippen LogP contribution in [0.5, 0.6) is 0 Å². The molecule has 109 valence electrons. The Morgan fingerprint density at radius 2 is 1.90 bits per heavy atom. The first-order valence-electron chi connectivity index (χ1n) is 7.63. The van der Waals surface area contributed by atoms with E-state index in [2.05, 4.69) is 67.2 Å². The maximum Gasteiger partial charge on any atom is 0.0367 e. The molecule has 3 rings (SSSR count). The number of hydrogen-bond donors (Lipinski definition) is 0. The standard InChI is InChI=1S/C19H23N2/c1-15-6-4-5-7-19(15)16-8-10-17(11-9-16)21-13-12-18(14-21)20(2)3/h5-11,18H,12-14H2,1-3H3. The molecule has 0 spiro atoms. The smallest absolute Gasteiger partial charge is 0.0367 e. The molecule has 0 aromatic heterocycles. The summed E-state index contributed by atoms with van der Waals surface area (Å²) in [4.78, 5) is 4.82. The summed E-state index contributed by atoms with van der Waals surface area (Å²) >= 11 is 0. The molecule has 21 heavy (non-hydrogen) atoms. The third kappa shape index (κ3) is 2.96. The fourth-order valence-corrected chi connectivity index (χ4v) is 3.09. The van der Waals surface area contributed by atoms with Gasteiger partial charge in [0.25, 0.3) is 0 Å². The zero-order chi connectivity index (χ0) is 14.8. The molecule has 1 aliphatic heterocycles. The van der Waals surface area contributed by atoms with Crippen molar-refractivity contribution in [1.29, 1.82) is 0 Å². The predicted octanol–water partition coefficient (Wildman–Crippen LogP) is 3.60. The molecule has 2 nitrogen and oxygen atoms in total. The van der Waals surface area contributed by atoms with Crippen LogP contribution in [0.1, 0.15) is 12.0 Å². The van der Waals surface area contributed by atoms with Gasteiger partial charge in [-0.05, 0) is 62.3 Å². The van der Waals surface area contributed by atoms with Crippen molar-refractivity contribution in [2.75, 3.05) is 32.1 Å². The second kappa shape index (κ2) is 5.90. The summed E-state index contributed by atoms with van der Waals surface area (Å²) in [5.41, 5.74) is 5.20. The number of benzene rings is 2. The van der Waals surface area contributed by atoms with Crippen molar-refractivity contribution in [2.45, 2.75) is 19.4 Å². The SMILES string of the molecule is Cc1c[c]ccc1-c1ccc(N2CCC(N(C)C)C2)cc1. The lowest BCUT2D eigenvalue weighted by atomic mass is 10.0. The zero-order valence-electron chi connectivity index (χ0n) is 13.1. The Bertz CT molecular complexity index is 601. The maximum absolute atomic E-state index is 3.13. The first-order chi connectivity index (χ1) is 10.1. The molecule has 1 unspecified atom stereocenters. The summed E-state index contributed by atoms with van der Waals surface area (Å²) in [7, 11) is 4.35. The van der Waals surface area contributed by atoms with Crippen molar-refractivity contribution >= 4 is 5.69 Å². The van der Waals surface area contributed by atoms with Gasteiger partial charge in [-0.1, -0.05) is 30.3 Å². The molecule has 2 heteroatoms. The van der Waals surface area contributed by atoms with Gasteiger partial charge >= 0.3 is 0 Å². The average Bonchev–Trinajstić information content (AvgIpc) is 2.98. The highest BCUT2D eigenvalue weighted by atomic mass is 15.2. The largest absolute Gasteiger partial charge is 0.370 e. The topological polar surface area (TPSA) is 6.48 Å². The molecule has 0 aliphatic carbocycles. The molecule has 0 amide bonds. The van der Waals surface area contributed by atoms with Gasteiger partial charge in [0.05, 0.1) is 0 Å². The van der Waals surface area contributed by atoms with E-state index in [1.807, 2.05) is 12.1 Å². The third-order valence-corrected chi connectivity index (χ3v) is 4.51. The van der Waals surface area contributed by atoms with Crippen molar-refractivity contribution in [3.8, 4) is 11.1 Å². The molecule has 0 bridgehead atoms. The average molecular weight is 279 g/mol. The highest BCUT2D eigenvalue weighted by molar-refractivity contribution is 5.69. The monoisotopic (exact) mass is 279 g/mol. The summed E-state index contributed by atoms with van der Waals surface area (Å²) in [6.45, 7) is 4.43. The predicted molar refractivity (Wildman–Crippen MR) is 89.8 cm³/mol. The van der Waals surface area contributed by atoms with Crippen molar-refractivity contribution in [1.82, 2.24) is 4.90 Å². The van der Waals surface area contributed by atoms with E-state index in [1.165, 1.54) is 28.8 Å². The van der Waals surface area contributed by atoms with Crippen LogP contribution in [0.4, 0.5) is 5.69 Å². The Kier molecular flexibility index (Phi) is 3.98. The van der Waals surface area contributed by atoms with E-state index in [4.69, 9.17) is 0 Å².